The van der Waals surface area contributed by atoms with Gasteiger partial charge in [0.15, 0.2) is 0 Å². The fraction of sp³-hybridized carbons (Fsp3) is 0.278. The molecular formula is C18H22N2O. The summed E-state index contributed by atoms with van der Waals surface area (Å²) in [6, 6.07) is 17.1. The SMILES string of the molecule is CC(C)(C)C(NC(=O)c1ccccc1N)c1ccccc1. The molecule has 0 aliphatic heterocycles. The summed E-state index contributed by atoms with van der Waals surface area (Å²) in [7, 11) is 0. The molecule has 1 unspecified atom stereocenters. The smallest absolute Gasteiger partial charge is 0.253 e. The Hall–Kier alpha value is -2.29. The van der Waals surface area contributed by atoms with Crippen molar-refractivity contribution in [2.45, 2.75) is 26.8 Å². The van der Waals surface area contributed by atoms with Gasteiger partial charge in [0.1, 0.15) is 0 Å². The van der Waals surface area contributed by atoms with Crippen LogP contribution in [0.4, 0.5) is 5.69 Å². The minimum Gasteiger partial charge on any atom is -0.398 e. The molecule has 0 radical (unpaired) electrons. The third-order valence-corrected chi connectivity index (χ3v) is 3.48. The Balaban J connectivity index is 2.29. The van der Waals surface area contributed by atoms with Gasteiger partial charge in [-0.25, -0.2) is 0 Å². The Morgan fingerprint density at radius 2 is 1.57 bits per heavy atom. The molecule has 0 bridgehead atoms. The summed E-state index contributed by atoms with van der Waals surface area (Å²) in [5.74, 6) is -0.142. The summed E-state index contributed by atoms with van der Waals surface area (Å²) in [6.07, 6.45) is 0. The van der Waals surface area contributed by atoms with Crippen molar-refractivity contribution in [3.63, 3.8) is 0 Å². The molecule has 2 aromatic rings. The van der Waals surface area contributed by atoms with Crippen molar-refractivity contribution < 1.29 is 4.79 Å². The van der Waals surface area contributed by atoms with Crippen LogP contribution in [0.2, 0.25) is 0 Å². The summed E-state index contributed by atoms with van der Waals surface area (Å²) in [4.78, 5) is 12.5. The fourth-order valence-electron chi connectivity index (χ4n) is 2.36. The number of carbonyl (C=O) groups is 1. The molecule has 0 aromatic heterocycles. The van der Waals surface area contributed by atoms with Gasteiger partial charge in [-0.1, -0.05) is 63.2 Å². The number of rotatable bonds is 3. The first kappa shape index (κ1) is 15.1. The number of carbonyl (C=O) groups excluding carboxylic acids is 1. The first-order valence-corrected chi connectivity index (χ1v) is 7.10. The molecule has 0 spiro atoms. The number of amides is 1. The van der Waals surface area contributed by atoms with Gasteiger partial charge in [-0.05, 0) is 23.1 Å². The Kier molecular flexibility index (Phi) is 4.32. The van der Waals surface area contributed by atoms with Crippen LogP contribution in [0.3, 0.4) is 0 Å². The van der Waals surface area contributed by atoms with Crippen molar-refractivity contribution in [1.29, 1.82) is 0 Å². The lowest BCUT2D eigenvalue weighted by molar-refractivity contribution is 0.0902. The monoisotopic (exact) mass is 282 g/mol. The van der Waals surface area contributed by atoms with Crippen LogP contribution in [0.1, 0.15) is 42.7 Å². The van der Waals surface area contributed by atoms with Gasteiger partial charge in [-0.2, -0.15) is 0 Å². The van der Waals surface area contributed by atoms with E-state index in [1.54, 1.807) is 12.1 Å². The number of nitrogens with one attached hydrogen (secondary N) is 1. The molecule has 0 fully saturated rings. The average molecular weight is 282 g/mol. The van der Waals surface area contributed by atoms with Crippen molar-refractivity contribution >= 4 is 11.6 Å². The summed E-state index contributed by atoms with van der Waals surface area (Å²) in [6.45, 7) is 6.33. The second kappa shape index (κ2) is 6.00. The standard InChI is InChI=1S/C18H22N2O/c1-18(2,3)16(13-9-5-4-6-10-13)20-17(21)14-11-7-8-12-15(14)19/h4-12,16H,19H2,1-3H3,(H,20,21). The van der Waals surface area contributed by atoms with Crippen LogP contribution in [0.25, 0.3) is 0 Å². The van der Waals surface area contributed by atoms with Crippen LogP contribution in [0.5, 0.6) is 0 Å². The topological polar surface area (TPSA) is 55.1 Å². The van der Waals surface area contributed by atoms with Gasteiger partial charge >= 0.3 is 0 Å². The largest absolute Gasteiger partial charge is 0.398 e. The van der Waals surface area contributed by atoms with Gasteiger partial charge < -0.3 is 11.1 Å². The van der Waals surface area contributed by atoms with Gasteiger partial charge in [0.2, 0.25) is 0 Å². The van der Waals surface area contributed by atoms with E-state index in [-0.39, 0.29) is 17.4 Å². The van der Waals surface area contributed by atoms with E-state index in [1.807, 2.05) is 42.5 Å². The normalized spacial score (nSPS) is 12.7. The zero-order valence-electron chi connectivity index (χ0n) is 12.8. The van der Waals surface area contributed by atoms with Crippen molar-refractivity contribution in [3.05, 3.63) is 65.7 Å². The van der Waals surface area contributed by atoms with Crippen LogP contribution in [0, 0.1) is 5.41 Å². The van der Waals surface area contributed by atoms with Gasteiger partial charge in [-0.3, -0.25) is 4.79 Å². The van der Waals surface area contributed by atoms with E-state index < -0.39 is 0 Å². The molecule has 0 aliphatic carbocycles. The second-order valence-electron chi connectivity index (χ2n) is 6.27. The van der Waals surface area contributed by atoms with E-state index in [0.717, 1.165) is 5.56 Å². The Morgan fingerprint density at radius 3 is 2.14 bits per heavy atom. The lowest BCUT2D eigenvalue weighted by Gasteiger charge is -2.32. The van der Waals surface area contributed by atoms with Gasteiger partial charge in [-0.15, -0.1) is 0 Å². The first-order valence-electron chi connectivity index (χ1n) is 7.10. The minimum absolute atomic E-state index is 0.0780. The average Bonchev–Trinajstić information content (AvgIpc) is 2.44. The third-order valence-electron chi connectivity index (χ3n) is 3.48. The molecular weight excluding hydrogens is 260 g/mol. The predicted molar refractivity (Wildman–Crippen MR) is 87.0 cm³/mol. The van der Waals surface area contributed by atoms with E-state index in [1.165, 1.54) is 0 Å². The van der Waals surface area contributed by atoms with Crippen molar-refractivity contribution in [2.24, 2.45) is 5.41 Å². The van der Waals surface area contributed by atoms with Crippen LogP contribution in [-0.2, 0) is 0 Å². The van der Waals surface area contributed by atoms with Crippen LogP contribution in [0.15, 0.2) is 54.6 Å². The first-order chi connectivity index (χ1) is 9.89. The van der Waals surface area contributed by atoms with E-state index in [0.29, 0.717) is 11.3 Å². The molecule has 0 aliphatic rings. The van der Waals surface area contributed by atoms with Crippen LogP contribution in [-0.4, -0.2) is 5.91 Å². The van der Waals surface area contributed by atoms with Gasteiger partial charge in [0, 0.05) is 5.69 Å². The highest BCUT2D eigenvalue weighted by Gasteiger charge is 2.28. The second-order valence-corrected chi connectivity index (χ2v) is 6.27. The highest BCUT2D eigenvalue weighted by atomic mass is 16.1. The molecule has 3 N–H and O–H groups in total. The summed E-state index contributed by atoms with van der Waals surface area (Å²) >= 11 is 0. The molecule has 0 saturated carbocycles. The molecule has 2 aromatic carbocycles. The summed E-state index contributed by atoms with van der Waals surface area (Å²) in [5, 5.41) is 3.11. The maximum absolute atomic E-state index is 12.5. The van der Waals surface area contributed by atoms with E-state index in [9.17, 15) is 4.79 Å². The Labute approximate surface area is 126 Å². The van der Waals surface area contributed by atoms with Gasteiger partial charge in [0.05, 0.1) is 11.6 Å². The molecule has 0 heterocycles. The zero-order valence-corrected chi connectivity index (χ0v) is 12.8. The third kappa shape index (κ3) is 3.63. The number of benzene rings is 2. The zero-order chi connectivity index (χ0) is 15.5. The summed E-state index contributed by atoms with van der Waals surface area (Å²) < 4.78 is 0. The molecule has 1 amide bonds. The summed E-state index contributed by atoms with van der Waals surface area (Å²) in [5.41, 5.74) is 7.89. The Morgan fingerprint density at radius 1 is 1.00 bits per heavy atom. The number of nitrogens with two attached hydrogens (primary N) is 1. The maximum Gasteiger partial charge on any atom is 0.253 e. The quantitative estimate of drug-likeness (QED) is 0.842. The van der Waals surface area contributed by atoms with Gasteiger partial charge in [0.25, 0.3) is 5.91 Å². The van der Waals surface area contributed by atoms with E-state index >= 15 is 0 Å². The molecule has 110 valence electrons. The van der Waals surface area contributed by atoms with Crippen molar-refractivity contribution in [2.75, 3.05) is 5.73 Å². The highest BCUT2D eigenvalue weighted by Crippen LogP contribution is 2.33. The molecule has 21 heavy (non-hydrogen) atoms. The maximum atomic E-state index is 12.5. The number of hydrogen-bond acceptors (Lipinski definition) is 2. The van der Waals surface area contributed by atoms with Crippen molar-refractivity contribution in [1.82, 2.24) is 5.32 Å². The highest BCUT2D eigenvalue weighted by molar-refractivity contribution is 5.99. The number of para-hydroxylation sites is 1. The van der Waals surface area contributed by atoms with Crippen molar-refractivity contribution in [3.8, 4) is 0 Å². The number of anilines is 1. The lowest BCUT2D eigenvalue weighted by Crippen LogP contribution is -2.36. The van der Waals surface area contributed by atoms with Crippen LogP contribution < -0.4 is 11.1 Å². The number of hydrogen-bond donors (Lipinski definition) is 2. The molecule has 3 nitrogen and oxygen atoms in total. The molecule has 3 heteroatoms. The molecule has 2 rings (SSSR count). The van der Waals surface area contributed by atoms with E-state index in [4.69, 9.17) is 5.73 Å². The van der Waals surface area contributed by atoms with E-state index in [2.05, 4.69) is 26.1 Å². The molecule has 0 saturated heterocycles. The minimum atomic E-state index is -0.142. The number of nitrogen functional groups attached to an aromatic ring is 1. The fourth-order valence-corrected chi connectivity index (χ4v) is 2.36. The van der Waals surface area contributed by atoms with Crippen LogP contribution >= 0.6 is 0 Å². The Bertz CT molecular complexity index is 615. The predicted octanol–water partition coefficient (Wildman–Crippen LogP) is 3.79. The lowest BCUT2D eigenvalue weighted by atomic mass is 9.82. The molecule has 1 atom stereocenters.